The van der Waals surface area contributed by atoms with Gasteiger partial charge in [0.2, 0.25) is 5.95 Å². The summed E-state index contributed by atoms with van der Waals surface area (Å²) in [5, 5.41) is 10.4. The normalized spacial score (nSPS) is 18.9. The predicted molar refractivity (Wildman–Crippen MR) is 143 cm³/mol. The first-order chi connectivity index (χ1) is 18.4. The van der Waals surface area contributed by atoms with Crippen molar-refractivity contribution in [3.63, 3.8) is 0 Å². The zero-order valence-electron chi connectivity index (χ0n) is 21.4. The van der Waals surface area contributed by atoms with Crippen LogP contribution in [-0.4, -0.2) is 61.1 Å². The van der Waals surface area contributed by atoms with Crippen molar-refractivity contribution in [2.24, 2.45) is 0 Å². The summed E-state index contributed by atoms with van der Waals surface area (Å²) < 4.78 is 13.3. The number of hydrogen-bond acceptors (Lipinski definition) is 7. The Morgan fingerprint density at radius 2 is 1.82 bits per heavy atom. The van der Waals surface area contributed by atoms with Crippen LogP contribution in [-0.2, 0) is 0 Å². The fourth-order valence-electron chi connectivity index (χ4n) is 5.36. The molecule has 38 heavy (non-hydrogen) atoms. The first-order valence-electron chi connectivity index (χ1n) is 12.9. The van der Waals surface area contributed by atoms with E-state index in [1.807, 2.05) is 43.0 Å². The van der Waals surface area contributed by atoms with Crippen LogP contribution >= 0.6 is 0 Å². The number of nitrogens with one attached hydrogen (secondary N) is 2. The molecule has 194 valence electrons. The number of anilines is 3. The minimum absolute atomic E-state index is 0.0128. The minimum Gasteiger partial charge on any atom is -0.334 e. The van der Waals surface area contributed by atoms with Crippen molar-refractivity contribution in [3.8, 4) is 11.3 Å². The molecule has 2 bridgehead atoms. The first kappa shape index (κ1) is 24.0. The van der Waals surface area contributed by atoms with Gasteiger partial charge in [-0.05, 0) is 69.5 Å². The molecule has 3 fully saturated rings. The van der Waals surface area contributed by atoms with E-state index in [1.165, 1.54) is 12.1 Å². The van der Waals surface area contributed by atoms with Crippen molar-refractivity contribution in [2.45, 2.75) is 45.2 Å². The van der Waals surface area contributed by atoms with Gasteiger partial charge in [-0.15, -0.1) is 0 Å². The lowest BCUT2D eigenvalue weighted by Crippen LogP contribution is -2.58. The number of H-pyrrole nitrogens is 1. The lowest BCUT2D eigenvalue weighted by Gasteiger charge is -2.44. The lowest BCUT2D eigenvalue weighted by molar-refractivity contribution is 0.0637. The third kappa shape index (κ3) is 4.81. The summed E-state index contributed by atoms with van der Waals surface area (Å²) in [6.07, 6.45) is 4.57. The topological polar surface area (TPSA) is 103 Å². The van der Waals surface area contributed by atoms with Gasteiger partial charge in [0.1, 0.15) is 11.6 Å². The molecule has 0 radical (unpaired) electrons. The molecule has 3 aliphatic heterocycles. The van der Waals surface area contributed by atoms with Crippen LogP contribution in [0.2, 0.25) is 0 Å². The zero-order valence-corrected chi connectivity index (χ0v) is 21.4. The highest BCUT2D eigenvalue weighted by Crippen LogP contribution is 2.32. The van der Waals surface area contributed by atoms with Gasteiger partial charge in [0.25, 0.3) is 5.91 Å². The lowest BCUT2D eigenvalue weighted by atomic mass is 10.1. The smallest absolute Gasteiger partial charge is 0.255 e. The average molecular weight is 513 g/mol. The molecule has 1 aromatic carbocycles. The maximum atomic E-state index is 13.6. The minimum atomic E-state index is -0.290. The molecule has 2 unspecified atom stereocenters. The molecule has 4 aromatic rings. The van der Waals surface area contributed by atoms with E-state index in [1.54, 1.807) is 18.3 Å². The second-order valence-corrected chi connectivity index (χ2v) is 10.0. The van der Waals surface area contributed by atoms with Crippen LogP contribution in [0.4, 0.5) is 22.0 Å². The zero-order chi connectivity index (χ0) is 26.2. The summed E-state index contributed by atoms with van der Waals surface area (Å²) in [5.41, 5.74) is 3.90. The summed E-state index contributed by atoms with van der Waals surface area (Å²) in [5.74, 6) is 1.77. The van der Waals surface area contributed by atoms with Crippen molar-refractivity contribution >= 4 is 23.5 Å². The highest BCUT2D eigenvalue weighted by Gasteiger charge is 2.40. The van der Waals surface area contributed by atoms with E-state index < -0.39 is 0 Å². The second kappa shape index (κ2) is 9.85. The first-order valence-corrected chi connectivity index (χ1v) is 12.9. The van der Waals surface area contributed by atoms with Crippen LogP contribution in [0.3, 0.4) is 0 Å². The van der Waals surface area contributed by atoms with Crippen molar-refractivity contribution in [2.75, 3.05) is 23.3 Å². The Balaban J connectivity index is 1.20. The standard InChI is InChI=1S/C28H29FN8O/c1-17-12-25(32-26-13-18(2)34-35-26)33-28(31-17)37-16-22-4-3-5-23(37)15-36(22)27(38)20-8-11-24(30-14-20)19-6-9-21(29)10-7-19/h6-14,22-23H,3-5,15-16H2,1-2H3,(H2,31,32,33,34,35). The summed E-state index contributed by atoms with van der Waals surface area (Å²) in [7, 11) is 0. The van der Waals surface area contributed by atoms with Gasteiger partial charge >= 0.3 is 0 Å². The van der Waals surface area contributed by atoms with Crippen molar-refractivity contribution in [1.29, 1.82) is 0 Å². The third-order valence-corrected chi connectivity index (χ3v) is 7.24. The predicted octanol–water partition coefficient (Wildman–Crippen LogP) is 4.64. The summed E-state index contributed by atoms with van der Waals surface area (Å²) in [6.45, 7) is 5.20. The van der Waals surface area contributed by atoms with E-state index in [2.05, 4.69) is 25.4 Å². The number of fused-ring (bicyclic) bond motifs is 4. The van der Waals surface area contributed by atoms with Crippen molar-refractivity contribution < 1.29 is 9.18 Å². The summed E-state index contributed by atoms with van der Waals surface area (Å²) in [4.78, 5) is 31.8. The molecule has 0 saturated carbocycles. The Morgan fingerprint density at radius 3 is 2.55 bits per heavy atom. The molecule has 6 heterocycles. The van der Waals surface area contributed by atoms with Crippen LogP contribution in [0.5, 0.6) is 0 Å². The van der Waals surface area contributed by atoms with E-state index in [-0.39, 0.29) is 23.8 Å². The monoisotopic (exact) mass is 512 g/mol. The number of aromatic amines is 1. The molecule has 0 aliphatic carbocycles. The van der Waals surface area contributed by atoms with Crippen molar-refractivity contribution in [1.82, 2.24) is 30.0 Å². The molecule has 2 N–H and O–H groups in total. The Labute approximate surface area is 220 Å². The van der Waals surface area contributed by atoms with Crippen LogP contribution in [0.25, 0.3) is 11.3 Å². The van der Waals surface area contributed by atoms with Crippen LogP contribution < -0.4 is 10.2 Å². The number of pyridine rings is 1. The maximum Gasteiger partial charge on any atom is 0.255 e. The van der Waals surface area contributed by atoms with Gasteiger partial charge in [-0.1, -0.05) is 0 Å². The number of aryl methyl sites for hydroxylation is 2. The number of nitrogens with zero attached hydrogens (tertiary/aromatic N) is 6. The molecule has 0 spiro atoms. The molecule has 3 saturated heterocycles. The van der Waals surface area contributed by atoms with Crippen LogP contribution in [0, 0.1) is 19.7 Å². The third-order valence-electron chi connectivity index (χ3n) is 7.24. The Kier molecular flexibility index (Phi) is 6.22. The van der Waals surface area contributed by atoms with Crippen LogP contribution in [0.1, 0.15) is 41.0 Å². The van der Waals surface area contributed by atoms with Gasteiger partial charge in [-0.3, -0.25) is 14.9 Å². The Morgan fingerprint density at radius 1 is 1.00 bits per heavy atom. The van der Waals surface area contributed by atoms with Gasteiger partial charge < -0.3 is 15.1 Å². The molecule has 3 aromatic heterocycles. The molecule has 10 heteroatoms. The van der Waals surface area contributed by atoms with Crippen molar-refractivity contribution in [3.05, 3.63) is 77.5 Å². The highest BCUT2D eigenvalue weighted by atomic mass is 19.1. The van der Waals surface area contributed by atoms with Gasteiger partial charge in [0, 0.05) is 60.5 Å². The van der Waals surface area contributed by atoms with E-state index in [9.17, 15) is 9.18 Å². The van der Waals surface area contributed by atoms with Gasteiger partial charge in [0.15, 0.2) is 5.82 Å². The van der Waals surface area contributed by atoms with E-state index in [0.717, 1.165) is 36.2 Å². The fraction of sp³-hybridized carbons (Fsp3) is 0.321. The molecular weight excluding hydrogens is 483 g/mol. The van der Waals surface area contributed by atoms with Gasteiger partial charge in [-0.2, -0.15) is 10.1 Å². The quantitative estimate of drug-likeness (QED) is 0.401. The Hall–Kier alpha value is -4.34. The highest BCUT2D eigenvalue weighted by molar-refractivity contribution is 5.94. The van der Waals surface area contributed by atoms with Gasteiger partial charge in [0.05, 0.1) is 11.3 Å². The molecular formula is C28H29FN8O. The van der Waals surface area contributed by atoms with Crippen LogP contribution in [0.15, 0.2) is 54.7 Å². The summed E-state index contributed by atoms with van der Waals surface area (Å²) in [6, 6.07) is 13.8. The molecule has 3 aliphatic rings. The number of rotatable bonds is 5. The maximum absolute atomic E-state index is 13.6. The number of benzene rings is 1. The number of amides is 1. The molecule has 1 amide bonds. The number of hydrogen-bond donors (Lipinski definition) is 2. The number of halogens is 1. The van der Waals surface area contributed by atoms with Gasteiger partial charge in [-0.25, -0.2) is 9.37 Å². The summed E-state index contributed by atoms with van der Waals surface area (Å²) >= 11 is 0. The van der Waals surface area contributed by atoms with E-state index >= 15 is 0 Å². The fourth-order valence-corrected chi connectivity index (χ4v) is 5.36. The number of carbonyl (C=O) groups is 1. The Bertz CT molecular complexity index is 1450. The number of aromatic nitrogens is 5. The SMILES string of the molecule is Cc1cc(Nc2cc(C)[nH]n2)nc(N2CC3CCCC2CN3C(=O)c2ccc(-c3ccc(F)cc3)nc2)n1. The second-order valence-electron chi connectivity index (χ2n) is 10.0. The molecule has 9 nitrogen and oxygen atoms in total. The van der Waals surface area contributed by atoms with E-state index in [4.69, 9.17) is 9.97 Å². The average Bonchev–Trinajstić information content (AvgIpc) is 3.10. The molecule has 7 rings (SSSR count). The molecule has 2 atom stereocenters. The number of carbonyl (C=O) groups excluding carboxylic acids is 1. The largest absolute Gasteiger partial charge is 0.334 e. The van der Waals surface area contributed by atoms with E-state index in [0.29, 0.717) is 41.9 Å². The number of piperazine rings is 1.